The monoisotopic (exact) mass is 445 g/mol. The van der Waals surface area contributed by atoms with Gasteiger partial charge in [0.15, 0.2) is 0 Å². The number of carboxylic acid groups (broad SMARTS) is 2. The van der Waals surface area contributed by atoms with Gasteiger partial charge in [0.25, 0.3) is 0 Å². The van der Waals surface area contributed by atoms with E-state index in [2.05, 4.69) is 0 Å². The van der Waals surface area contributed by atoms with Crippen LogP contribution < -0.4 is 4.90 Å². The van der Waals surface area contributed by atoms with Crippen LogP contribution in [0.25, 0.3) is 0 Å². The van der Waals surface area contributed by atoms with Gasteiger partial charge in [0.05, 0.1) is 28.5 Å². The van der Waals surface area contributed by atoms with Crippen molar-refractivity contribution in [3.63, 3.8) is 0 Å². The van der Waals surface area contributed by atoms with E-state index in [4.69, 9.17) is 5.26 Å². The van der Waals surface area contributed by atoms with Gasteiger partial charge >= 0.3 is 24.3 Å². The van der Waals surface area contributed by atoms with Crippen molar-refractivity contribution in [2.75, 3.05) is 4.90 Å². The normalized spacial score (nSPS) is 16.7. The van der Waals surface area contributed by atoms with Crippen molar-refractivity contribution < 1.29 is 37.8 Å². The summed E-state index contributed by atoms with van der Waals surface area (Å²) in [5.74, 6) is -1.56. The number of allylic oxidation sites excluding steroid dienone is 1. The number of hydrogen-bond acceptors (Lipinski definition) is 4. The minimum absolute atomic E-state index is 0.0974. The minimum atomic E-state index is -4.74. The topological polar surface area (TPSA) is 122 Å². The van der Waals surface area contributed by atoms with Gasteiger partial charge in [-0.2, -0.15) is 18.4 Å². The molecule has 2 aromatic carbocycles. The van der Waals surface area contributed by atoms with Crippen molar-refractivity contribution in [3.05, 3.63) is 76.5 Å². The van der Waals surface area contributed by atoms with E-state index in [1.54, 1.807) is 0 Å². The molecule has 0 spiro atoms. The van der Waals surface area contributed by atoms with Crippen LogP contribution in [0.1, 0.15) is 29.7 Å². The number of benzene rings is 2. The van der Waals surface area contributed by atoms with Gasteiger partial charge in [-0.05, 0) is 42.8 Å². The first kappa shape index (κ1) is 22.4. The van der Waals surface area contributed by atoms with Gasteiger partial charge in [-0.1, -0.05) is 18.2 Å². The maximum atomic E-state index is 13.1. The van der Waals surface area contributed by atoms with Crippen LogP contribution >= 0.6 is 0 Å². The van der Waals surface area contributed by atoms with E-state index in [9.17, 15) is 37.8 Å². The molecular formula is C21H14F3N3O5. The number of carboxylic acids is 1. The summed E-state index contributed by atoms with van der Waals surface area (Å²) in [6, 6.07) is 7.87. The van der Waals surface area contributed by atoms with Crippen LogP contribution in [0, 0.1) is 11.3 Å². The summed E-state index contributed by atoms with van der Waals surface area (Å²) >= 11 is 0. The maximum absolute atomic E-state index is 13.1. The molecule has 2 aromatic rings. The standard InChI is InChI=1S/C21H14F3N3O5/c1-11-16(18(28)29)17(13-7-5-12(10-25)6-8-13)27(20(31)32)19(30)26(11)15-4-2-3-14(9-15)21(22,23)24/h2-9,17H,1H3,(H,28,29)(H,31,32). The number of rotatable bonds is 3. The number of urea groups is 1. The van der Waals surface area contributed by atoms with Crippen LogP contribution in [0.15, 0.2) is 59.8 Å². The summed E-state index contributed by atoms with van der Waals surface area (Å²) < 4.78 is 39.4. The second-order valence-corrected chi connectivity index (χ2v) is 6.76. The fourth-order valence-corrected chi connectivity index (χ4v) is 3.45. The second kappa shape index (κ2) is 8.07. The lowest BCUT2D eigenvalue weighted by molar-refractivity contribution is -0.137. The van der Waals surface area contributed by atoms with Crippen molar-refractivity contribution in [1.29, 1.82) is 5.26 Å². The highest BCUT2D eigenvalue weighted by molar-refractivity contribution is 6.08. The van der Waals surface area contributed by atoms with Gasteiger partial charge in [-0.3, -0.25) is 4.90 Å². The fourth-order valence-electron chi connectivity index (χ4n) is 3.45. The molecule has 32 heavy (non-hydrogen) atoms. The Hall–Kier alpha value is -4.33. The molecule has 1 unspecified atom stereocenters. The Morgan fingerprint density at radius 3 is 2.22 bits per heavy atom. The number of hydrogen-bond donors (Lipinski definition) is 2. The van der Waals surface area contributed by atoms with Crippen molar-refractivity contribution in [2.45, 2.75) is 19.1 Å². The largest absolute Gasteiger partial charge is 0.478 e. The first-order valence-corrected chi connectivity index (χ1v) is 8.95. The number of carbonyl (C=O) groups excluding carboxylic acids is 1. The number of amides is 3. The second-order valence-electron chi connectivity index (χ2n) is 6.76. The molecule has 1 aliphatic rings. The van der Waals surface area contributed by atoms with Gasteiger partial charge in [0.1, 0.15) is 6.04 Å². The molecule has 1 aliphatic heterocycles. The molecule has 0 fully saturated rings. The quantitative estimate of drug-likeness (QED) is 0.712. The predicted octanol–water partition coefficient (Wildman–Crippen LogP) is 4.60. The third kappa shape index (κ3) is 3.85. The highest BCUT2D eigenvalue weighted by Gasteiger charge is 2.46. The van der Waals surface area contributed by atoms with E-state index < -0.39 is 41.4 Å². The average Bonchev–Trinajstić information content (AvgIpc) is 2.72. The SMILES string of the molecule is CC1=C(C(=O)O)C(c2ccc(C#N)cc2)N(C(=O)O)C(=O)N1c1cccc(C(F)(F)F)c1. The van der Waals surface area contributed by atoms with E-state index in [-0.39, 0.29) is 27.4 Å². The Bertz CT molecular complexity index is 1180. The number of anilines is 1. The van der Waals surface area contributed by atoms with Gasteiger partial charge in [0.2, 0.25) is 0 Å². The zero-order chi connectivity index (χ0) is 23.8. The van der Waals surface area contributed by atoms with E-state index >= 15 is 0 Å². The molecule has 3 rings (SSSR count). The summed E-state index contributed by atoms with van der Waals surface area (Å²) in [5.41, 5.74) is -1.88. The summed E-state index contributed by atoms with van der Waals surface area (Å²) in [4.78, 5) is 38.1. The van der Waals surface area contributed by atoms with Gasteiger partial charge in [-0.15, -0.1) is 0 Å². The zero-order valence-electron chi connectivity index (χ0n) is 16.3. The Morgan fingerprint density at radius 2 is 1.72 bits per heavy atom. The lowest BCUT2D eigenvalue weighted by Gasteiger charge is -2.40. The first-order valence-electron chi connectivity index (χ1n) is 8.95. The lowest BCUT2D eigenvalue weighted by Crippen LogP contribution is -2.52. The third-order valence-corrected chi connectivity index (χ3v) is 4.88. The van der Waals surface area contributed by atoms with Gasteiger partial charge < -0.3 is 10.2 Å². The van der Waals surface area contributed by atoms with Crippen molar-refractivity contribution in [3.8, 4) is 6.07 Å². The number of nitriles is 1. The molecule has 11 heteroatoms. The van der Waals surface area contributed by atoms with Crippen LogP contribution in [0.4, 0.5) is 28.4 Å². The third-order valence-electron chi connectivity index (χ3n) is 4.88. The lowest BCUT2D eigenvalue weighted by atomic mass is 9.92. The molecule has 1 atom stereocenters. The summed E-state index contributed by atoms with van der Waals surface area (Å²) in [5, 5.41) is 28.5. The summed E-state index contributed by atoms with van der Waals surface area (Å²) in [6.45, 7) is 1.21. The average molecular weight is 445 g/mol. The number of alkyl halides is 3. The van der Waals surface area contributed by atoms with Crippen LogP contribution in [-0.2, 0) is 11.0 Å². The van der Waals surface area contributed by atoms with Gasteiger partial charge in [-0.25, -0.2) is 19.3 Å². The zero-order valence-corrected chi connectivity index (χ0v) is 16.3. The maximum Gasteiger partial charge on any atom is 0.416 e. The number of aliphatic carboxylic acids is 1. The molecule has 0 bridgehead atoms. The smallest absolute Gasteiger partial charge is 0.416 e. The molecule has 3 amide bonds. The Labute approximate surface area is 179 Å². The number of imide groups is 1. The van der Waals surface area contributed by atoms with E-state index in [1.165, 1.54) is 31.2 Å². The molecule has 8 nitrogen and oxygen atoms in total. The molecule has 0 saturated heterocycles. The highest BCUT2D eigenvalue weighted by Crippen LogP contribution is 2.40. The molecule has 164 valence electrons. The molecule has 2 N–H and O–H groups in total. The Morgan fingerprint density at radius 1 is 1.09 bits per heavy atom. The summed E-state index contributed by atoms with van der Waals surface area (Å²) in [7, 11) is 0. The van der Waals surface area contributed by atoms with Crippen LogP contribution in [0.2, 0.25) is 0 Å². The van der Waals surface area contributed by atoms with E-state index in [1.807, 2.05) is 6.07 Å². The van der Waals surface area contributed by atoms with Crippen LogP contribution in [0.5, 0.6) is 0 Å². The van der Waals surface area contributed by atoms with Crippen molar-refractivity contribution in [2.24, 2.45) is 0 Å². The van der Waals surface area contributed by atoms with Crippen molar-refractivity contribution in [1.82, 2.24) is 4.90 Å². The predicted molar refractivity (Wildman–Crippen MR) is 103 cm³/mol. The number of carbonyl (C=O) groups is 3. The molecule has 0 saturated carbocycles. The van der Waals surface area contributed by atoms with Crippen LogP contribution in [-0.4, -0.2) is 33.2 Å². The molecule has 0 aromatic heterocycles. The minimum Gasteiger partial charge on any atom is -0.478 e. The van der Waals surface area contributed by atoms with Crippen molar-refractivity contribution >= 4 is 23.8 Å². The van der Waals surface area contributed by atoms with E-state index in [0.717, 1.165) is 18.2 Å². The van der Waals surface area contributed by atoms with E-state index in [0.29, 0.717) is 11.0 Å². The molecule has 0 aliphatic carbocycles. The number of halogens is 3. The molecule has 1 heterocycles. The first-order chi connectivity index (χ1) is 15.0. The highest BCUT2D eigenvalue weighted by atomic mass is 19.4. The fraction of sp³-hybridized carbons (Fsp3) is 0.143. The Kier molecular flexibility index (Phi) is 5.64. The number of nitrogens with zero attached hydrogens (tertiary/aromatic N) is 3. The molecular weight excluding hydrogens is 431 g/mol. The molecule has 0 radical (unpaired) electrons. The Balaban J connectivity index is 2.26. The summed E-state index contributed by atoms with van der Waals surface area (Å²) in [6.07, 6.45) is -6.54. The van der Waals surface area contributed by atoms with Crippen LogP contribution in [0.3, 0.4) is 0 Å². The van der Waals surface area contributed by atoms with Gasteiger partial charge in [0, 0.05) is 5.70 Å².